The number of aromatic nitrogens is 1. The highest BCUT2D eigenvalue weighted by atomic mass is 35.5. The minimum Gasteiger partial charge on any atom is -0.340 e. The summed E-state index contributed by atoms with van der Waals surface area (Å²) in [5.74, 6) is 0.272. The Morgan fingerprint density at radius 1 is 1.25 bits per heavy atom. The van der Waals surface area contributed by atoms with Crippen molar-refractivity contribution in [1.82, 2.24) is 14.8 Å². The smallest absolute Gasteiger partial charge is 0.227 e. The van der Waals surface area contributed by atoms with E-state index in [0.717, 1.165) is 64.1 Å². The summed E-state index contributed by atoms with van der Waals surface area (Å²) in [5, 5.41) is 3.38. The third-order valence-corrected chi connectivity index (χ3v) is 7.13. The van der Waals surface area contributed by atoms with Gasteiger partial charge >= 0.3 is 0 Å². The maximum absolute atomic E-state index is 13.0. The molecule has 0 bridgehead atoms. The van der Waals surface area contributed by atoms with Crippen LogP contribution in [0.3, 0.4) is 0 Å². The number of nitrogens with two attached hydrogens (primary N) is 1. The highest BCUT2D eigenvalue weighted by molar-refractivity contribution is 7.09. The van der Waals surface area contributed by atoms with Gasteiger partial charge in [-0.15, -0.1) is 36.2 Å². The molecule has 1 aliphatic heterocycles. The van der Waals surface area contributed by atoms with Gasteiger partial charge in [-0.3, -0.25) is 9.69 Å². The largest absolute Gasteiger partial charge is 0.340 e. The van der Waals surface area contributed by atoms with Crippen LogP contribution in [0.25, 0.3) is 0 Å². The van der Waals surface area contributed by atoms with E-state index in [4.69, 9.17) is 10.7 Å². The Balaban J connectivity index is 0.00000196. The summed E-state index contributed by atoms with van der Waals surface area (Å²) in [6.45, 7) is 13.0. The molecule has 2 aliphatic rings. The number of carbonyl (C=O) groups excluding carboxylic acids is 1. The van der Waals surface area contributed by atoms with Crippen LogP contribution in [0.4, 0.5) is 0 Å². The van der Waals surface area contributed by atoms with Gasteiger partial charge in [0.1, 0.15) is 0 Å². The van der Waals surface area contributed by atoms with E-state index in [1.165, 1.54) is 5.01 Å². The van der Waals surface area contributed by atoms with Crippen LogP contribution in [-0.4, -0.2) is 52.4 Å². The normalized spacial score (nSPS) is 26.3. The summed E-state index contributed by atoms with van der Waals surface area (Å²) in [4.78, 5) is 22.2. The topological polar surface area (TPSA) is 62.5 Å². The van der Waals surface area contributed by atoms with E-state index in [9.17, 15) is 4.79 Å². The van der Waals surface area contributed by atoms with Crippen LogP contribution < -0.4 is 5.73 Å². The quantitative estimate of drug-likeness (QED) is 0.759. The monoisotopic (exact) mass is 450 g/mol. The Bertz CT molecular complexity index is 636. The highest BCUT2D eigenvalue weighted by Gasteiger charge is 2.40. The Morgan fingerprint density at radius 2 is 1.89 bits per heavy atom. The van der Waals surface area contributed by atoms with Crippen molar-refractivity contribution < 1.29 is 4.79 Å². The van der Waals surface area contributed by atoms with Crippen molar-refractivity contribution in [3.8, 4) is 0 Å². The van der Waals surface area contributed by atoms with Gasteiger partial charge in [0.15, 0.2) is 0 Å². The van der Waals surface area contributed by atoms with Gasteiger partial charge in [0.2, 0.25) is 5.91 Å². The lowest BCUT2D eigenvalue weighted by atomic mass is 9.74. The molecule has 2 heterocycles. The first-order chi connectivity index (χ1) is 12.2. The van der Waals surface area contributed by atoms with Gasteiger partial charge in [0.25, 0.3) is 0 Å². The van der Waals surface area contributed by atoms with Gasteiger partial charge < -0.3 is 10.6 Å². The van der Waals surface area contributed by atoms with E-state index in [2.05, 4.69) is 38.0 Å². The Hall–Kier alpha value is -0.400. The number of thiazole rings is 1. The van der Waals surface area contributed by atoms with Crippen molar-refractivity contribution in [2.75, 3.05) is 26.2 Å². The summed E-state index contributed by atoms with van der Waals surface area (Å²) in [6, 6.07) is 0. The van der Waals surface area contributed by atoms with Crippen LogP contribution in [0.2, 0.25) is 0 Å². The fourth-order valence-electron chi connectivity index (χ4n) is 4.06. The molecule has 2 N–H and O–H groups in total. The third-order valence-electron chi connectivity index (χ3n) is 5.82. The SMILES string of the molecule is CC(C)(C)c1nc(CN2CCN(C(=O)C3CCCCC3(C)N)CC2)cs1.Cl.Cl. The first kappa shape index (κ1) is 25.6. The van der Waals surface area contributed by atoms with Crippen molar-refractivity contribution in [1.29, 1.82) is 0 Å². The van der Waals surface area contributed by atoms with Gasteiger partial charge in [-0.05, 0) is 19.8 Å². The molecule has 1 aromatic rings. The second kappa shape index (κ2) is 10.1. The average Bonchev–Trinajstić information content (AvgIpc) is 3.03. The van der Waals surface area contributed by atoms with Crippen LogP contribution in [0.1, 0.15) is 64.1 Å². The van der Waals surface area contributed by atoms with Crippen molar-refractivity contribution >= 4 is 42.1 Å². The standard InChI is InChI=1S/C20H34N4OS.2ClH/c1-19(2,3)18-22-15(14-26-18)13-23-9-11-24(12-10-23)17(25)16-7-5-6-8-20(16,4)21;;/h14,16H,5-13,21H2,1-4H3;2*1H. The molecule has 1 aliphatic carbocycles. The Kier molecular flexibility index (Phi) is 9.22. The maximum Gasteiger partial charge on any atom is 0.227 e. The molecule has 2 fully saturated rings. The summed E-state index contributed by atoms with van der Waals surface area (Å²) in [7, 11) is 0. The molecule has 28 heavy (non-hydrogen) atoms. The average molecular weight is 452 g/mol. The van der Waals surface area contributed by atoms with E-state index in [1.807, 2.05) is 4.90 Å². The maximum atomic E-state index is 13.0. The van der Waals surface area contributed by atoms with Gasteiger partial charge in [-0.25, -0.2) is 4.98 Å². The van der Waals surface area contributed by atoms with Crippen molar-refractivity contribution in [2.24, 2.45) is 11.7 Å². The fraction of sp³-hybridized carbons (Fsp3) is 0.800. The molecule has 8 heteroatoms. The number of hydrogen-bond acceptors (Lipinski definition) is 5. The van der Waals surface area contributed by atoms with Gasteiger partial charge in [-0.2, -0.15) is 0 Å². The number of amides is 1. The van der Waals surface area contributed by atoms with Crippen LogP contribution in [0.15, 0.2) is 5.38 Å². The molecule has 0 aromatic carbocycles. The molecule has 1 aromatic heterocycles. The second-order valence-electron chi connectivity index (χ2n) is 9.30. The predicted molar refractivity (Wildman–Crippen MR) is 122 cm³/mol. The molecule has 5 nitrogen and oxygen atoms in total. The molecule has 0 radical (unpaired) electrons. The molecule has 3 rings (SSSR count). The van der Waals surface area contributed by atoms with Gasteiger partial charge in [-0.1, -0.05) is 33.6 Å². The zero-order valence-corrected chi connectivity index (χ0v) is 20.0. The summed E-state index contributed by atoms with van der Waals surface area (Å²) >= 11 is 1.75. The lowest BCUT2D eigenvalue weighted by Gasteiger charge is -2.42. The van der Waals surface area contributed by atoms with Crippen molar-refractivity contribution in [2.45, 2.75) is 70.9 Å². The molecule has 162 valence electrons. The molecule has 1 saturated carbocycles. The van der Waals surface area contributed by atoms with E-state index >= 15 is 0 Å². The van der Waals surface area contributed by atoms with Crippen LogP contribution in [0.5, 0.6) is 0 Å². The number of piperazine rings is 1. The molecule has 0 spiro atoms. The summed E-state index contributed by atoms with van der Waals surface area (Å²) in [5.41, 5.74) is 7.36. The fourth-order valence-corrected chi connectivity index (χ4v) is 4.96. The van der Waals surface area contributed by atoms with E-state index in [-0.39, 0.29) is 47.6 Å². The minimum atomic E-state index is -0.337. The van der Waals surface area contributed by atoms with E-state index in [1.54, 1.807) is 11.3 Å². The highest BCUT2D eigenvalue weighted by Crippen LogP contribution is 2.33. The lowest BCUT2D eigenvalue weighted by molar-refractivity contribution is -0.140. The molecule has 1 amide bonds. The van der Waals surface area contributed by atoms with Crippen LogP contribution in [-0.2, 0) is 16.8 Å². The Labute approximate surface area is 186 Å². The second-order valence-corrected chi connectivity index (χ2v) is 10.2. The van der Waals surface area contributed by atoms with Gasteiger partial charge in [0.05, 0.1) is 16.6 Å². The summed E-state index contributed by atoms with van der Waals surface area (Å²) in [6.07, 6.45) is 4.18. The molecular formula is C20H36Cl2N4OS. The number of rotatable bonds is 3. The van der Waals surface area contributed by atoms with Gasteiger partial charge in [0, 0.05) is 49.1 Å². The lowest BCUT2D eigenvalue weighted by Crippen LogP contribution is -2.57. The Morgan fingerprint density at radius 3 is 2.43 bits per heavy atom. The minimum absolute atomic E-state index is 0. The van der Waals surface area contributed by atoms with Crippen LogP contribution in [0, 0.1) is 5.92 Å². The van der Waals surface area contributed by atoms with Crippen molar-refractivity contribution in [3.05, 3.63) is 16.1 Å². The zero-order chi connectivity index (χ0) is 18.9. The number of carbonyl (C=O) groups is 1. The zero-order valence-electron chi connectivity index (χ0n) is 17.6. The first-order valence-electron chi connectivity index (χ1n) is 9.92. The third kappa shape index (κ3) is 6.05. The number of halogens is 2. The van der Waals surface area contributed by atoms with E-state index in [0.29, 0.717) is 0 Å². The molecule has 2 unspecified atom stereocenters. The van der Waals surface area contributed by atoms with Crippen molar-refractivity contribution in [3.63, 3.8) is 0 Å². The van der Waals surface area contributed by atoms with E-state index < -0.39 is 0 Å². The molecule has 1 saturated heterocycles. The molecule has 2 atom stereocenters. The number of nitrogens with zero attached hydrogens (tertiary/aromatic N) is 3. The predicted octanol–water partition coefficient (Wildman–Crippen LogP) is 3.84. The summed E-state index contributed by atoms with van der Waals surface area (Å²) < 4.78 is 0. The number of hydrogen-bond donors (Lipinski definition) is 1. The first-order valence-corrected chi connectivity index (χ1v) is 10.8. The molecular weight excluding hydrogens is 415 g/mol. The van der Waals surface area contributed by atoms with Crippen LogP contribution >= 0.6 is 36.2 Å².